The number of aromatic nitrogens is 4. The van der Waals surface area contributed by atoms with Gasteiger partial charge in [0.15, 0.2) is 0 Å². The van der Waals surface area contributed by atoms with Crippen LogP contribution < -0.4 is 10.2 Å². The van der Waals surface area contributed by atoms with Gasteiger partial charge in [0, 0.05) is 82.0 Å². The molecule has 1 atom stereocenters. The lowest BCUT2D eigenvalue weighted by atomic mass is 9.88. The van der Waals surface area contributed by atoms with E-state index in [4.69, 9.17) is 4.74 Å². The van der Waals surface area contributed by atoms with E-state index in [1.807, 2.05) is 24.8 Å². The minimum Gasteiger partial charge on any atom is -0.385 e. The third-order valence-electron chi connectivity index (χ3n) is 6.76. The van der Waals surface area contributed by atoms with Crippen molar-refractivity contribution >= 4 is 24.8 Å². The summed E-state index contributed by atoms with van der Waals surface area (Å²) >= 11 is 0. The standard InChI is InChI=1S/C19H22N6.C6H16OSi/c1-2-6-24-19(4-1)5-8-25(12-19)16-3-7-22-18-17(16)15(11-23-18)14-9-20-13-21-10-14;1-7-5-6-8(2,3)4/h3,7,9-11,13,24H,1-2,4-6,8,12H2,(H,22,23);5-6H2,1-4H3/t19-;/m1./s1. The van der Waals surface area contributed by atoms with E-state index in [-0.39, 0.29) is 0 Å². The van der Waals surface area contributed by atoms with Gasteiger partial charge in [-0.15, -0.1) is 0 Å². The van der Waals surface area contributed by atoms with Crippen LogP contribution in [0.4, 0.5) is 5.69 Å². The molecule has 2 fully saturated rings. The molecule has 33 heavy (non-hydrogen) atoms. The summed E-state index contributed by atoms with van der Waals surface area (Å²) in [5.74, 6) is 0. The van der Waals surface area contributed by atoms with Gasteiger partial charge in [-0.2, -0.15) is 0 Å². The molecule has 2 aliphatic heterocycles. The first kappa shape index (κ1) is 23.9. The van der Waals surface area contributed by atoms with Gasteiger partial charge in [-0.3, -0.25) is 0 Å². The Morgan fingerprint density at radius 3 is 2.64 bits per heavy atom. The predicted molar refractivity (Wildman–Crippen MR) is 139 cm³/mol. The molecular formula is C25H38N6OSi. The molecule has 0 bridgehead atoms. The number of fused-ring (bicyclic) bond motifs is 1. The molecule has 3 aromatic rings. The summed E-state index contributed by atoms with van der Waals surface area (Å²) in [6.07, 6.45) is 14.3. The van der Waals surface area contributed by atoms with E-state index in [0.29, 0.717) is 5.54 Å². The molecule has 5 rings (SSSR count). The first-order valence-corrected chi connectivity index (χ1v) is 15.8. The maximum absolute atomic E-state index is 4.95. The van der Waals surface area contributed by atoms with Crippen molar-refractivity contribution < 1.29 is 4.74 Å². The van der Waals surface area contributed by atoms with E-state index in [1.165, 1.54) is 42.8 Å². The van der Waals surface area contributed by atoms with Crippen molar-refractivity contribution in [3.63, 3.8) is 0 Å². The van der Waals surface area contributed by atoms with Crippen LogP contribution in [0.5, 0.6) is 0 Å². The summed E-state index contributed by atoms with van der Waals surface area (Å²) in [4.78, 5) is 18.7. The number of ether oxygens (including phenoxy) is 1. The van der Waals surface area contributed by atoms with Crippen LogP contribution in [0.1, 0.15) is 25.7 Å². The molecular weight excluding hydrogens is 428 g/mol. The lowest BCUT2D eigenvalue weighted by Gasteiger charge is -2.35. The van der Waals surface area contributed by atoms with Crippen LogP contribution in [0.15, 0.2) is 37.2 Å². The number of aromatic amines is 1. The van der Waals surface area contributed by atoms with Crippen LogP contribution in [0.2, 0.25) is 25.7 Å². The Morgan fingerprint density at radius 1 is 1.15 bits per heavy atom. The van der Waals surface area contributed by atoms with Gasteiger partial charge in [0.25, 0.3) is 0 Å². The van der Waals surface area contributed by atoms with Crippen molar-refractivity contribution in [2.24, 2.45) is 0 Å². The Balaban J connectivity index is 0.000000281. The van der Waals surface area contributed by atoms with E-state index >= 15 is 0 Å². The number of hydrogen-bond acceptors (Lipinski definition) is 6. The quantitative estimate of drug-likeness (QED) is 0.530. The van der Waals surface area contributed by atoms with Gasteiger partial charge in [-0.1, -0.05) is 26.1 Å². The van der Waals surface area contributed by atoms with Gasteiger partial charge in [-0.05, 0) is 37.9 Å². The summed E-state index contributed by atoms with van der Waals surface area (Å²) in [5.41, 5.74) is 4.62. The molecule has 0 unspecified atom stereocenters. The molecule has 8 heteroatoms. The van der Waals surface area contributed by atoms with Gasteiger partial charge < -0.3 is 19.9 Å². The molecule has 178 valence electrons. The summed E-state index contributed by atoms with van der Waals surface area (Å²) in [6.45, 7) is 11.3. The highest BCUT2D eigenvalue weighted by atomic mass is 28.3. The largest absolute Gasteiger partial charge is 0.385 e. The average molecular weight is 467 g/mol. The molecule has 7 nitrogen and oxygen atoms in total. The van der Waals surface area contributed by atoms with Gasteiger partial charge >= 0.3 is 0 Å². The van der Waals surface area contributed by atoms with Crippen molar-refractivity contribution in [2.45, 2.75) is 56.9 Å². The number of hydrogen-bond donors (Lipinski definition) is 2. The Morgan fingerprint density at radius 2 is 1.97 bits per heavy atom. The Labute approximate surface area is 198 Å². The van der Waals surface area contributed by atoms with E-state index in [2.05, 4.69) is 55.9 Å². The fourth-order valence-electron chi connectivity index (χ4n) is 4.83. The molecule has 2 saturated heterocycles. The highest BCUT2D eigenvalue weighted by Gasteiger charge is 2.39. The molecule has 1 spiro atoms. The number of nitrogens with zero attached hydrogens (tertiary/aromatic N) is 4. The number of pyridine rings is 1. The fourth-order valence-corrected chi connectivity index (χ4v) is 5.65. The second-order valence-electron chi connectivity index (χ2n) is 10.5. The maximum atomic E-state index is 4.95. The lowest BCUT2D eigenvalue weighted by molar-refractivity contribution is 0.214. The third kappa shape index (κ3) is 5.80. The van der Waals surface area contributed by atoms with Crippen LogP contribution in [-0.2, 0) is 4.74 Å². The molecule has 3 aromatic heterocycles. The van der Waals surface area contributed by atoms with E-state index in [9.17, 15) is 0 Å². The van der Waals surface area contributed by atoms with Crippen LogP contribution in [-0.4, -0.2) is 66.9 Å². The number of rotatable bonds is 5. The molecule has 2 aliphatic rings. The molecule has 5 heterocycles. The summed E-state index contributed by atoms with van der Waals surface area (Å²) < 4.78 is 4.95. The van der Waals surface area contributed by atoms with Crippen LogP contribution >= 0.6 is 0 Å². The van der Waals surface area contributed by atoms with Gasteiger partial charge in [0.1, 0.15) is 12.0 Å². The molecule has 0 amide bonds. The van der Waals surface area contributed by atoms with Gasteiger partial charge in [-0.25, -0.2) is 15.0 Å². The van der Waals surface area contributed by atoms with Crippen molar-refractivity contribution in [2.75, 3.05) is 38.3 Å². The second kappa shape index (κ2) is 10.3. The Kier molecular flexibility index (Phi) is 7.46. The zero-order chi connectivity index (χ0) is 23.3. The Hall–Kier alpha value is -2.29. The van der Waals surface area contributed by atoms with E-state index < -0.39 is 8.07 Å². The first-order chi connectivity index (χ1) is 15.9. The van der Waals surface area contributed by atoms with E-state index in [0.717, 1.165) is 43.0 Å². The third-order valence-corrected chi connectivity index (χ3v) is 8.46. The van der Waals surface area contributed by atoms with Crippen molar-refractivity contribution in [1.82, 2.24) is 25.3 Å². The minimum absolute atomic E-state index is 0.292. The smallest absolute Gasteiger partial charge is 0.139 e. The SMILES string of the molecule is COCC[Si](C)(C)C.c1ncc(-c2c[nH]c3nccc(N4CC[C@]5(CCCCN5)C4)c23)cn1. The van der Waals surface area contributed by atoms with Crippen molar-refractivity contribution in [3.05, 3.63) is 37.2 Å². The number of H-pyrrole nitrogens is 1. The van der Waals surface area contributed by atoms with Crippen molar-refractivity contribution in [1.29, 1.82) is 0 Å². The zero-order valence-corrected chi connectivity index (χ0v) is 21.5. The minimum atomic E-state index is -0.803. The van der Waals surface area contributed by atoms with Gasteiger partial charge in [0.2, 0.25) is 0 Å². The molecule has 0 aromatic carbocycles. The normalized spacial score (nSPS) is 20.8. The molecule has 0 saturated carbocycles. The lowest BCUT2D eigenvalue weighted by Crippen LogP contribution is -2.50. The number of nitrogens with one attached hydrogen (secondary N) is 2. The zero-order valence-electron chi connectivity index (χ0n) is 20.5. The summed E-state index contributed by atoms with van der Waals surface area (Å²) in [6, 6.07) is 3.43. The fraction of sp³-hybridized carbons (Fsp3) is 0.560. The summed E-state index contributed by atoms with van der Waals surface area (Å²) in [7, 11) is 0.961. The van der Waals surface area contributed by atoms with Crippen molar-refractivity contribution in [3.8, 4) is 11.1 Å². The second-order valence-corrected chi connectivity index (χ2v) is 16.1. The number of anilines is 1. The van der Waals surface area contributed by atoms with Crippen LogP contribution in [0.25, 0.3) is 22.2 Å². The maximum Gasteiger partial charge on any atom is 0.139 e. The van der Waals surface area contributed by atoms with Crippen LogP contribution in [0.3, 0.4) is 0 Å². The molecule has 2 N–H and O–H groups in total. The Bertz CT molecular complexity index is 1030. The average Bonchev–Trinajstić information content (AvgIpc) is 3.43. The highest BCUT2D eigenvalue weighted by Crippen LogP contribution is 2.38. The topological polar surface area (TPSA) is 79.0 Å². The van der Waals surface area contributed by atoms with E-state index in [1.54, 1.807) is 13.4 Å². The highest BCUT2D eigenvalue weighted by molar-refractivity contribution is 6.76. The van der Waals surface area contributed by atoms with Crippen LogP contribution in [0, 0.1) is 0 Å². The molecule has 0 radical (unpaired) electrons. The predicted octanol–water partition coefficient (Wildman–Crippen LogP) is 4.71. The monoisotopic (exact) mass is 466 g/mol. The van der Waals surface area contributed by atoms with Gasteiger partial charge in [0.05, 0.1) is 5.39 Å². The summed E-state index contributed by atoms with van der Waals surface area (Å²) in [5, 5.41) is 4.97. The first-order valence-electron chi connectivity index (χ1n) is 12.1. The molecule has 0 aliphatic carbocycles. The number of methoxy groups -OCH3 is 1. The number of piperidine rings is 1.